The fourth-order valence-electron chi connectivity index (χ4n) is 1.37. The zero-order chi connectivity index (χ0) is 12.3. The van der Waals surface area contributed by atoms with Gasteiger partial charge in [0.1, 0.15) is 11.8 Å². The SMILES string of the molecule is CN(C)CCc1noc(-c2cc(C#N)c[nH]2)n1. The number of nitriles is 1. The summed E-state index contributed by atoms with van der Waals surface area (Å²) in [5.74, 6) is 1.09. The lowest BCUT2D eigenvalue weighted by Gasteiger charge is -2.05. The van der Waals surface area contributed by atoms with Crippen LogP contribution in [0.1, 0.15) is 11.4 Å². The van der Waals surface area contributed by atoms with Crippen molar-refractivity contribution in [3.8, 4) is 17.7 Å². The largest absolute Gasteiger partial charge is 0.356 e. The summed E-state index contributed by atoms with van der Waals surface area (Å²) in [6.07, 6.45) is 2.35. The molecule has 0 atom stereocenters. The van der Waals surface area contributed by atoms with E-state index < -0.39 is 0 Å². The molecule has 88 valence electrons. The van der Waals surface area contributed by atoms with Crippen molar-refractivity contribution in [1.29, 1.82) is 5.26 Å². The second-order valence-electron chi connectivity index (χ2n) is 3.98. The lowest BCUT2D eigenvalue weighted by atomic mass is 10.3. The monoisotopic (exact) mass is 231 g/mol. The van der Waals surface area contributed by atoms with Crippen LogP contribution in [0.15, 0.2) is 16.8 Å². The van der Waals surface area contributed by atoms with Crippen molar-refractivity contribution in [2.45, 2.75) is 6.42 Å². The summed E-state index contributed by atoms with van der Waals surface area (Å²) in [6, 6.07) is 3.72. The molecule has 0 amide bonds. The summed E-state index contributed by atoms with van der Waals surface area (Å²) >= 11 is 0. The van der Waals surface area contributed by atoms with Crippen LogP contribution in [-0.2, 0) is 6.42 Å². The van der Waals surface area contributed by atoms with Crippen LogP contribution in [-0.4, -0.2) is 40.7 Å². The topological polar surface area (TPSA) is 81.7 Å². The first kappa shape index (κ1) is 11.4. The van der Waals surface area contributed by atoms with Crippen molar-refractivity contribution in [3.63, 3.8) is 0 Å². The van der Waals surface area contributed by atoms with E-state index in [1.54, 1.807) is 12.3 Å². The Balaban J connectivity index is 2.10. The minimum Gasteiger partial charge on any atom is -0.356 e. The quantitative estimate of drug-likeness (QED) is 0.850. The molecule has 2 rings (SSSR count). The highest BCUT2D eigenvalue weighted by atomic mass is 16.5. The van der Waals surface area contributed by atoms with Crippen LogP contribution >= 0.6 is 0 Å². The Hall–Kier alpha value is -2.13. The number of hydrogen-bond acceptors (Lipinski definition) is 5. The first-order chi connectivity index (χ1) is 8.19. The van der Waals surface area contributed by atoms with E-state index in [9.17, 15) is 0 Å². The van der Waals surface area contributed by atoms with Crippen molar-refractivity contribution < 1.29 is 4.52 Å². The number of rotatable bonds is 4. The highest BCUT2D eigenvalue weighted by molar-refractivity contribution is 5.51. The highest BCUT2D eigenvalue weighted by Gasteiger charge is 2.10. The zero-order valence-electron chi connectivity index (χ0n) is 9.77. The lowest BCUT2D eigenvalue weighted by molar-refractivity contribution is 0.392. The molecule has 2 aromatic rings. The number of H-pyrrole nitrogens is 1. The molecule has 0 saturated heterocycles. The van der Waals surface area contributed by atoms with Gasteiger partial charge >= 0.3 is 0 Å². The van der Waals surface area contributed by atoms with Crippen LogP contribution in [0.25, 0.3) is 11.6 Å². The second-order valence-corrected chi connectivity index (χ2v) is 3.98. The lowest BCUT2D eigenvalue weighted by Crippen LogP contribution is -2.15. The van der Waals surface area contributed by atoms with Crippen molar-refractivity contribution in [3.05, 3.63) is 23.7 Å². The molecule has 0 saturated carbocycles. The third-order valence-electron chi connectivity index (χ3n) is 2.29. The minimum atomic E-state index is 0.417. The fraction of sp³-hybridized carbons (Fsp3) is 0.364. The van der Waals surface area contributed by atoms with Gasteiger partial charge in [0.2, 0.25) is 0 Å². The molecule has 2 heterocycles. The average Bonchev–Trinajstić information content (AvgIpc) is 2.94. The number of likely N-dealkylation sites (N-methyl/N-ethyl adjacent to an activating group) is 1. The molecule has 2 aromatic heterocycles. The van der Waals surface area contributed by atoms with E-state index in [0.717, 1.165) is 13.0 Å². The zero-order valence-corrected chi connectivity index (χ0v) is 9.77. The molecule has 0 aliphatic carbocycles. The number of aromatic nitrogens is 3. The molecule has 17 heavy (non-hydrogen) atoms. The number of hydrogen-bond donors (Lipinski definition) is 1. The molecule has 0 spiro atoms. The number of nitrogens with one attached hydrogen (secondary N) is 1. The molecular formula is C11H13N5O. The van der Waals surface area contributed by atoms with Crippen molar-refractivity contribution in [2.24, 2.45) is 0 Å². The maximum absolute atomic E-state index is 8.71. The molecule has 0 unspecified atom stereocenters. The van der Waals surface area contributed by atoms with Gasteiger partial charge in [-0.15, -0.1) is 0 Å². The molecule has 0 bridgehead atoms. The first-order valence-electron chi connectivity index (χ1n) is 5.25. The summed E-state index contributed by atoms with van der Waals surface area (Å²) in [5.41, 5.74) is 1.22. The van der Waals surface area contributed by atoms with E-state index in [0.29, 0.717) is 23.0 Å². The van der Waals surface area contributed by atoms with E-state index in [1.807, 2.05) is 20.2 Å². The molecule has 6 nitrogen and oxygen atoms in total. The van der Waals surface area contributed by atoms with E-state index in [2.05, 4.69) is 20.0 Å². The van der Waals surface area contributed by atoms with Gasteiger partial charge in [-0.05, 0) is 20.2 Å². The molecule has 1 N–H and O–H groups in total. The van der Waals surface area contributed by atoms with Gasteiger partial charge in [0.15, 0.2) is 5.82 Å². The third-order valence-corrected chi connectivity index (χ3v) is 2.29. The summed E-state index contributed by atoms with van der Waals surface area (Å²) < 4.78 is 5.12. The molecule has 0 fully saturated rings. The van der Waals surface area contributed by atoms with Crippen molar-refractivity contribution in [2.75, 3.05) is 20.6 Å². The van der Waals surface area contributed by atoms with Gasteiger partial charge in [-0.3, -0.25) is 0 Å². The van der Waals surface area contributed by atoms with Crippen LogP contribution in [0.3, 0.4) is 0 Å². The predicted molar refractivity (Wildman–Crippen MR) is 61.1 cm³/mol. The molecule has 0 aliphatic heterocycles. The predicted octanol–water partition coefficient (Wildman–Crippen LogP) is 1.04. The maximum Gasteiger partial charge on any atom is 0.274 e. The maximum atomic E-state index is 8.71. The van der Waals surface area contributed by atoms with Gasteiger partial charge in [-0.25, -0.2) is 0 Å². The molecular weight excluding hydrogens is 218 g/mol. The van der Waals surface area contributed by atoms with Crippen molar-refractivity contribution >= 4 is 0 Å². The Morgan fingerprint density at radius 3 is 3.00 bits per heavy atom. The van der Waals surface area contributed by atoms with Gasteiger partial charge in [0.25, 0.3) is 5.89 Å². The Kier molecular flexibility index (Phi) is 3.21. The van der Waals surface area contributed by atoms with E-state index >= 15 is 0 Å². The van der Waals surface area contributed by atoms with Crippen LogP contribution in [0.4, 0.5) is 0 Å². The first-order valence-corrected chi connectivity index (χ1v) is 5.25. The van der Waals surface area contributed by atoms with Crippen LogP contribution in [0, 0.1) is 11.3 Å². The fourth-order valence-corrected chi connectivity index (χ4v) is 1.37. The Morgan fingerprint density at radius 2 is 2.35 bits per heavy atom. The standard InChI is InChI=1S/C11H13N5O/c1-16(2)4-3-10-14-11(17-15-10)9-5-8(6-12)7-13-9/h5,7,13H,3-4H2,1-2H3. The van der Waals surface area contributed by atoms with Crippen LogP contribution in [0.5, 0.6) is 0 Å². The van der Waals surface area contributed by atoms with E-state index in [1.165, 1.54) is 0 Å². The van der Waals surface area contributed by atoms with Crippen LogP contribution < -0.4 is 0 Å². The van der Waals surface area contributed by atoms with Gasteiger partial charge in [0, 0.05) is 19.2 Å². The van der Waals surface area contributed by atoms with Gasteiger partial charge < -0.3 is 14.4 Å². The minimum absolute atomic E-state index is 0.417. The van der Waals surface area contributed by atoms with Gasteiger partial charge in [-0.2, -0.15) is 10.2 Å². The Labute approximate surface area is 98.9 Å². The molecule has 0 aromatic carbocycles. The third kappa shape index (κ3) is 2.71. The molecule has 0 radical (unpaired) electrons. The molecule has 6 heteroatoms. The normalized spacial score (nSPS) is 10.7. The Bertz CT molecular complexity index is 534. The van der Waals surface area contributed by atoms with E-state index in [-0.39, 0.29) is 0 Å². The summed E-state index contributed by atoms with van der Waals surface area (Å²) in [6.45, 7) is 0.868. The second kappa shape index (κ2) is 4.80. The number of nitrogens with zero attached hydrogens (tertiary/aromatic N) is 4. The highest BCUT2D eigenvalue weighted by Crippen LogP contribution is 2.16. The summed E-state index contributed by atoms with van der Waals surface area (Å²) in [5, 5.41) is 12.6. The van der Waals surface area contributed by atoms with Gasteiger partial charge in [-0.1, -0.05) is 5.16 Å². The number of aromatic amines is 1. The Morgan fingerprint density at radius 1 is 1.53 bits per heavy atom. The van der Waals surface area contributed by atoms with E-state index in [4.69, 9.17) is 9.78 Å². The van der Waals surface area contributed by atoms with Crippen LogP contribution in [0.2, 0.25) is 0 Å². The smallest absolute Gasteiger partial charge is 0.274 e. The molecule has 0 aliphatic rings. The summed E-state index contributed by atoms with van der Waals surface area (Å²) in [4.78, 5) is 9.23. The van der Waals surface area contributed by atoms with Crippen molar-refractivity contribution in [1.82, 2.24) is 20.0 Å². The van der Waals surface area contributed by atoms with Gasteiger partial charge in [0.05, 0.1) is 5.56 Å². The summed E-state index contributed by atoms with van der Waals surface area (Å²) in [7, 11) is 3.98. The average molecular weight is 231 g/mol.